The molecule has 2 aromatic rings. The molecule has 3 rings (SSSR count). The molecule has 1 fully saturated rings. The normalized spacial score (nSPS) is 15.4. The quantitative estimate of drug-likeness (QED) is 0.410. The molecule has 1 aliphatic carbocycles. The minimum Gasteiger partial charge on any atom is -0.481 e. The maximum atomic E-state index is 12.5. The molecular weight excluding hydrogens is 408 g/mol. The van der Waals surface area contributed by atoms with Crippen molar-refractivity contribution < 1.29 is 9.53 Å². The van der Waals surface area contributed by atoms with E-state index in [9.17, 15) is 4.79 Å². The first-order chi connectivity index (χ1) is 14.9. The third kappa shape index (κ3) is 6.03. The van der Waals surface area contributed by atoms with Crippen molar-refractivity contribution in [2.24, 2.45) is 0 Å². The van der Waals surface area contributed by atoms with Crippen molar-refractivity contribution in [3.05, 3.63) is 35.2 Å². The minimum atomic E-state index is -0.533. The van der Waals surface area contributed by atoms with Gasteiger partial charge in [-0.2, -0.15) is 0 Å². The smallest absolute Gasteiger partial charge is 0.260 e. The van der Waals surface area contributed by atoms with Gasteiger partial charge >= 0.3 is 0 Å². The van der Waals surface area contributed by atoms with E-state index in [0.717, 1.165) is 29.6 Å². The number of carbonyl (C=O) groups excluding carboxylic acids is 1. The molecule has 1 heterocycles. The summed E-state index contributed by atoms with van der Waals surface area (Å²) in [7, 11) is 0. The fourth-order valence-electron chi connectivity index (χ4n) is 4.38. The molecule has 6 nitrogen and oxygen atoms in total. The molecule has 170 valence electrons. The summed E-state index contributed by atoms with van der Waals surface area (Å²) in [4.78, 5) is 12.5. The highest BCUT2D eigenvalue weighted by Gasteiger charge is 2.23. The molecule has 0 radical (unpaired) electrons. The lowest BCUT2D eigenvalue weighted by Crippen LogP contribution is -2.37. The number of rotatable bonds is 10. The predicted octanol–water partition coefficient (Wildman–Crippen LogP) is 5.06. The van der Waals surface area contributed by atoms with E-state index in [4.69, 9.17) is 4.74 Å². The third-order valence-electron chi connectivity index (χ3n) is 6.03. The molecule has 1 amide bonds. The van der Waals surface area contributed by atoms with Gasteiger partial charge < -0.3 is 14.6 Å². The molecule has 1 aliphatic rings. The van der Waals surface area contributed by atoms with E-state index in [1.807, 2.05) is 12.1 Å². The maximum absolute atomic E-state index is 12.5. The summed E-state index contributed by atoms with van der Waals surface area (Å²) in [5, 5.41) is 12.8. The summed E-state index contributed by atoms with van der Waals surface area (Å²) in [5.41, 5.74) is 2.50. The SMILES string of the molecule is CSc1nnc(CCCNC(=O)C(C)Oc2ccc(C(C)C)c(C)c2)n1C1CCCC1. The number of ether oxygens (including phenoxy) is 1. The van der Waals surface area contributed by atoms with Crippen molar-refractivity contribution in [1.29, 1.82) is 0 Å². The number of nitrogens with one attached hydrogen (secondary N) is 1. The van der Waals surface area contributed by atoms with Gasteiger partial charge in [-0.3, -0.25) is 4.79 Å². The van der Waals surface area contributed by atoms with E-state index in [-0.39, 0.29) is 5.91 Å². The van der Waals surface area contributed by atoms with Crippen LogP contribution in [-0.4, -0.2) is 39.6 Å². The van der Waals surface area contributed by atoms with E-state index >= 15 is 0 Å². The molecule has 7 heteroatoms. The highest BCUT2D eigenvalue weighted by atomic mass is 32.2. The number of aromatic nitrogens is 3. The highest BCUT2D eigenvalue weighted by Crippen LogP contribution is 2.33. The molecule has 0 aliphatic heterocycles. The van der Waals surface area contributed by atoms with Gasteiger partial charge in [0.15, 0.2) is 11.3 Å². The number of amides is 1. The predicted molar refractivity (Wildman–Crippen MR) is 126 cm³/mol. The molecule has 0 saturated heterocycles. The Morgan fingerprint density at radius 1 is 1.26 bits per heavy atom. The number of thioether (sulfide) groups is 1. The Balaban J connectivity index is 1.47. The minimum absolute atomic E-state index is 0.0901. The maximum Gasteiger partial charge on any atom is 0.260 e. The Labute approximate surface area is 190 Å². The molecule has 1 saturated carbocycles. The van der Waals surface area contributed by atoms with Gasteiger partial charge in [0.1, 0.15) is 11.6 Å². The van der Waals surface area contributed by atoms with E-state index in [1.165, 1.54) is 36.8 Å². The monoisotopic (exact) mass is 444 g/mol. The topological polar surface area (TPSA) is 69.0 Å². The lowest BCUT2D eigenvalue weighted by molar-refractivity contribution is -0.127. The lowest BCUT2D eigenvalue weighted by atomic mass is 9.98. The number of carbonyl (C=O) groups is 1. The van der Waals surface area contributed by atoms with E-state index in [2.05, 4.69) is 53.2 Å². The first-order valence-electron chi connectivity index (χ1n) is 11.4. The zero-order valence-electron chi connectivity index (χ0n) is 19.5. The van der Waals surface area contributed by atoms with Crippen molar-refractivity contribution in [2.75, 3.05) is 12.8 Å². The Hall–Kier alpha value is -2.02. The van der Waals surface area contributed by atoms with Gasteiger partial charge in [0.05, 0.1) is 0 Å². The van der Waals surface area contributed by atoms with E-state index in [0.29, 0.717) is 18.5 Å². The Morgan fingerprint density at radius 2 is 2.00 bits per heavy atom. The second-order valence-electron chi connectivity index (χ2n) is 8.74. The molecule has 1 aromatic heterocycles. The van der Waals surface area contributed by atoms with Crippen molar-refractivity contribution in [2.45, 2.75) is 89.4 Å². The summed E-state index contributed by atoms with van der Waals surface area (Å²) in [6.07, 6.45) is 8.15. The number of nitrogens with zero attached hydrogens (tertiary/aromatic N) is 3. The molecule has 31 heavy (non-hydrogen) atoms. The van der Waals surface area contributed by atoms with Gasteiger partial charge in [0, 0.05) is 19.0 Å². The van der Waals surface area contributed by atoms with Crippen molar-refractivity contribution >= 4 is 17.7 Å². The van der Waals surface area contributed by atoms with Gasteiger partial charge in [0.25, 0.3) is 5.91 Å². The van der Waals surface area contributed by atoms with E-state index < -0.39 is 6.10 Å². The van der Waals surface area contributed by atoms with E-state index in [1.54, 1.807) is 18.7 Å². The van der Waals surface area contributed by atoms with Crippen LogP contribution in [0.3, 0.4) is 0 Å². The molecule has 1 unspecified atom stereocenters. The van der Waals surface area contributed by atoms with Crippen LogP contribution in [0.25, 0.3) is 0 Å². The molecule has 1 atom stereocenters. The first-order valence-corrected chi connectivity index (χ1v) is 12.7. The Morgan fingerprint density at radius 3 is 2.65 bits per heavy atom. The zero-order valence-corrected chi connectivity index (χ0v) is 20.3. The van der Waals surface area contributed by atoms with Gasteiger partial charge in [-0.25, -0.2) is 0 Å². The Bertz CT molecular complexity index is 874. The second-order valence-corrected chi connectivity index (χ2v) is 9.51. The van der Waals surface area contributed by atoms with Crippen LogP contribution >= 0.6 is 11.8 Å². The van der Waals surface area contributed by atoms with Gasteiger partial charge in [-0.1, -0.05) is 44.5 Å². The first kappa shape index (κ1) is 23.6. The number of hydrogen-bond donors (Lipinski definition) is 1. The largest absolute Gasteiger partial charge is 0.481 e. The zero-order chi connectivity index (χ0) is 22.4. The van der Waals surface area contributed by atoms with Crippen LogP contribution < -0.4 is 10.1 Å². The second kappa shape index (κ2) is 11.0. The molecule has 0 spiro atoms. The molecule has 1 aromatic carbocycles. The average Bonchev–Trinajstić information content (AvgIpc) is 3.39. The van der Waals surface area contributed by atoms with Crippen LogP contribution in [0, 0.1) is 6.92 Å². The average molecular weight is 445 g/mol. The summed E-state index contributed by atoms with van der Waals surface area (Å²) in [6, 6.07) is 6.58. The van der Waals surface area contributed by atoms with Crippen molar-refractivity contribution in [3.63, 3.8) is 0 Å². The van der Waals surface area contributed by atoms with Gasteiger partial charge in [-0.05, 0) is 68.5 Å². The molecule has 1 N–H and O–H groups in total. The fourth-order valence-corrected chi connectivity index (χ4v) is 4.95. The standard InChI is InChI=1S/C24H36N4O2S/c1-16(2)21-13-12-20(15-17(21)3)30-18(4)23(29)25-14-8-11-22-26-27-24(31-5)28(22)19-9-6-7-10-19/h12-13,15-16,18-19H,6-11,14H2,1-5H3,(H,25,29). The van der Waals surface area contributed by atoms with Crippen LogP contribution in [0.2, 0.25) is 0 Å². The summed E-state index contributed by atoms with van der Waals surface area (Å²) >= 11 is 1.66. The summed E-state index contributed by atoms with van der Waals surface area (Å²) < 4.78 is 8.20. The van der Waals surface area contributed by atoms with Crippen LogP contribution in [0.5, 0.6) is 5.75 Å². The highest BCUT2D eigenvalue weighted by molar-refractivity contribution is 7.98. The van der Waals surface area contributed by atoms with Crippen LogP contribution in [-0.2, 0) is 11.2 Å². The van der Waals surface area contributed by atoms with Crippen molar-refractivity contribution in [3.8, 4) is 5.75 Å². The lowest BCUT2D eigenvalue weighted by Gasteiger charge is -2.17. The number of hydrogen-bond acceptors (Lipinski definition) is 5. The number of aryl methyl sites for hydroxylation is 2. The van der Waals surface area contributed by atoms with Gasteiger partial charge in [-0.15, -0.1) is 10.2 Å². The van der Waals surface area contributed by atoms with Crippen LogP contribution in [0.15, 0.2) is 23.4 Å². The summed E-state index contributed by atoms with van der Waals surface area (Å²) in [5.74, 6) is 2.16. The van der Waals surface area contributed by atoms with Crippen LogP contribution in [0.4, 0.5) is 0 Å². The summed E-state index contributed by atoms with van der Waals surface area (Å²) in [6.45, 7) is 8.83. The molecule has 0 bridgehead atoms. The molecular formula is C24H36N4O2S. The fraction of sp³-hybridized carbons (Fsp3) is 0.625. The van der Waals surface area contributed by atoms with Crippen LogP contribution in [0.1, 0.15) is 81.8 Å². The Kier molecular flexibility index (Phi) is 8.41. The van der Waals surface area contributed by atoms with Crippen molar-refractivity contribution in [1.82, 2.24) is 20.1 Å². The van der Waals surface area contributed by atoms with Gasteiger partial charge in [0.2, 0.25) is 0 Å². The third-order valence-corrected chi connectivity index (χ3v) is 6.67. The number of benzene rings is 1.